The second-order valence-corrected chi connectivity index (χ2v) is 3.84. The number of carbonyl (C=O) groups excluding carboxylic acids is 1. The summed E-state index contributed by atoms with van der Waals surface area (Å²) >= 11 is 0. The minimum Gasteiger partial charge on any atom is -0.468 e. The molecule has 0 aromatic rings. The predicted molar refractivity (Wildman–Crippen MR) is 55.2 cm³/mol. The third-order valence-corrected chi connectivity index (χ3v) is 2.80. The average Bonchev–Trinajstić information content (AvgIpc) is 2.20. The maximum absolute atomic E-state index is 10.8. The number of esters is 1. The molecular weight excluding hydrogens is 180 g/mol. The van der Waals surface area contributed by atoms with Crippen LogP contribution in [0.1, 0.15) is 19.3 Å². The van der Waals surface area contributed by atoms with Crippen molar-refractivity contribution in [1.82, 2.24) is 10.2 Å². The fourth-order valence-electron chi connectivity index (χ4n) is 1.82. The number of carbonyl (C=O) groups is 1. The van der Waals surface area contributed by atoms with Gasteiger partial charge in [0.2, 0.25) is 0 Å². The number of likely N-dealkylation sites (tertiary alicyclic amines) is 1. The van der Waals surface area contributed by atoms with Gasteiger partial charge in [-0.2, -0.15) is 0 Å². The van der Waals surface area contributed by atoms with E-state index in [1.807, 2.05) is 0 Å². The Kier molecular flexibility index (Phi) is 4.90. The van der Waals surface area contributed by atoms with E-state index in [9.17, 15) is 4.79 Å². The second kappa shape index (κ2) is 5.98. The summed E-state index contributed by atoms with van der Waals surface area (Å²) in [6.07, 6.45) is 3.82. The summed E-state index contributed by atoms with van der Waals surface area (Å²) in [6, 6.07) is 0.577. The summed E-state index contributed by atoms with van der Waals surface area (Å²) < 4.78 is 4.55. The second-order valence-electron chi connectivity index (χ2n) is 3.84. The van der Waals surface area contributed by atoms with Crippen LogP contribution < -0.4 is 5.32 Å². The highest BCUT2D eigenvalue weighted by atomic mass is 16.5. The average molecular weight is 200 g/mol. The van der Waals surface area contributed by atoms with Crippen molar-refractivity contribution in [2.24, 2.45) is 0 Å². The van der Waals surface area contributed by atoms with Crippen LogP contribution in [0.3, 0.4) is 0 Å². The SMILES string of the molecule is COC(=O)CNCC1CCCCN1C. The molecule has 1 fully saturated rings. The molecule has 4 heteroatoms. The Bertz CT molecular complexity index is 185. The molecule has 1 atom stereocenters. The summed E-state index contributed by atoms with van der Waals surface area (Å²) in [6.45, 7) is 2.37. The molecule has 0 saturated carbocycles. The number of likely N-dealkylation sites (N-methyl/N-ethyl adjacent to an activating group) is 1. The lowest BCUT2D eigenvalue weighted by Gasteiger charge is -2.32. The van der Waals surface area contributed by atoms with E-state index in [1.54, 1.807) is 0 Å². The van der Waals surface area contributed by atoms with E-state index in [2.05, 4.69) is 22.0 Å². The first-order valence-electron chi connectivity index (χ1n) is 5.22. The van der Waals surface area contributed by atoms with Crippen LogP contribution in [0.2, 0.25) is 0 Å². The van der Waals surface area contributed by atoms with Gasteiger partial charge in [-0.1, -0.05) is 6.42 Å². The topological polar surface area (TPSA) is 41.6 Å². The smallest absolute Gasteiger partial charge is 0.319 e. The van der Waals surface area contributed by atoms with Crippen molar-refractivity contribution in [3.63, 3.8) is 0 Å². The molecule has 1 aliphatic rings. The summed E-state index contributed by atoms with van der Waals surface area (Å²) in [5.74, 6) is -0.191. The molecule has 14 heavy (non-hydrogen) atoms. The Morgan fingerprint density at radius 2 is 2.36 bits per heavy atom. The fourth-order valence-corrected chi connectivity index (χ4v) is 1.82. The zero-order valence-electron chi connectivity index (χ0n) is 9.08. The van der Waals surface area contributed by atoms with Crippen LogP contribution in [0.4, 0.5) is 0 Å². The Morgan fingerprint density at radius 1 is 1.57 bits per heavy atom. The summed E-state index contributed by atoms with van der Waals surface area (Å²) in [7, 11) is 3.56. The van der Waals surface area contributed by atoms with Gasteiger partial charge in [0.15, 0.2) is 0 Å². The molecule has 1 aliphatic heterocycles. The predicted octanol–water partition coefficient (Wildman–Crippen LogP) is 0.233. The van der Waals surface area contributed by atoms with Gasteiger partial charge >= 0.3 is 5.97 Å². The molecular formula is C10H20N2O2. The number of piperidine rings is 1. The highest BCUT2D eigenvalue weighted by Crippen LogP contribution is 2.13. The van der Waals surface area contributed by atoms with Crippen LogP contribution in [0.15, 0.2) is 0 Å². The van der Waals surface area contributed by atoms with Gasteiger partial charge in [0.25, 0.3) is 0 Å². The van der Waals surface area contributed by atoms with E-state index in [0.29, 0.717) is 12.6 Å². The maximum Gasteiger partial charge on any atom is 0.319 e. The highest BCUT2D eigenvalue weighted by molar-refractivity contribution is 5.71. The Hall–Kier alpha value is -0.610. The van der Waals surface area contributed by atoms with Crippen molar-refractivity contribution >= 4 is 5.97 Å². The standard InChI is InChI=1S/C10H20N2O2/c1-12-6-4-3-5-9(12)7-11-8-10(13)14-2/h9,11H,3-8H2,1-2H3. The molecule has 0 bridgehead atoms. The van der Waals surface area contributed by atoms with Crippen molar-refractivity contribution in [2.75, 3.05) is 33.8 Å². The number of ether oxygens (including phenoxy) is 1. The molecule has 1 unspecified atom stereocenters. The third-order valence-electron chi connectivity index (χ3n) is 2.80. The molecule has 0 aromatic carbocycles. The van der Waals surface area contributed by atoms with Gasteiger partial charge in [0, 0.05) is 12.6 Å². The molecule has 0 aromatic heterocycles. The molecule has 0 radical (unpaired) electrons. The lowest BCUT2D eigenvalue weighted by molar-refractivity contribution is -0.139. The van der Waals surface area contributed by atoms with Crippen LogP contribution in [-0.4, -0.2) is 50.7 Å². The Balaban J connectivity index is 2.13. The van der Waals surface area contributed by atoms with Crippen molar-refractivity contribution in [2.45, 2.75) is 25.3 Å². The lowest BCUT2D eigenvalue weighted by Crippen LogP contribution is -2.44. The monoisotopic (exact) mass is 200 g/mol. The van der Waals surface area contributed by atoms with Crippen LogP contribution in [0.5, 0.6) is 0 Å². The molecule has 1 heterocycles. The van der Waals surface area contributed by atoms with Crippen LogP contribution in [0.25, 0.3) is 0 Å². The van der Waals surface area contributed by atoms with E-state index >= 15 is 0 Å². The van der Waals surface area contributed by atoms with Gasteiger partial charge in [-0.25, -0.2) is 0 Å². The van der Waals surface area contributed by atoms with Crippen LogP contribution in [-0.2, 0) is 9.53 Å². The molecule has 0 spiro atoms. The minimum absolute atomic E-state index is 0.191. The normalized spacial score (nSPS) is 23.4. The fraction of sp³-hybridized carbons (Fsp3) is 0.900. The maximum atomic E-state index is 10.8. The van der Waals surface area contributed by atoms with Gasteiger partial charge in [-0.3, -0.25) is 4.79 Å². The molecule has 4 nitrogen and oxygen atoms in total. The molecule has 0 aliphatic carbocycles. The minimum atomic E-state index is -0.191. The highest BCUT2D eigenvalue weighted by Gasteiger charge is 2.18. The molecule has 1 N–H and O–H groups in total. The van der Waals surface area contributed by atoms with Crippen molar-refractivity contribution < 1.29 is 9.53 Å². The number of methoxy groups -OCH3 is 1. The number of hydrogen-bond acceptors (Lipinski definition) is 4. The first-order valence-corrected chi connectivity index (χ1v) is 5.22. The van der Waals surface area contributed by atoms with Gasteiger partial charge in [-0.15, -0.1) is 0 Å². The van der Waals surface area contributed by atoms with Gasteiger partial charge < -0.3 is 15.0 Å². The molecule has 0 amide bonds. The largest absolute Gasteiger partial charge is 0.468 e. The van der Waals surface area contributed by atoms with Crippen LogP contribution >= 0.6 is 0 Å². The van der Waals surface area contributed by atoms with E-state index in [4.69, 9.17) is 0 Å². The van der Waals surface area contributed by atoms with E-state index < -0.39 is 0 Å². The summed E-state index contributed by atoms with van der Waals surface area (Å²) in [5, 5.41) is 3.12. The first-order chi connectivity index (χ1) is 6.74. The number of hydrogen-bond donors (Lipinski definition) is 1. The van der Waals surface area contributed by atoms with E-state index in [0.717, 1.165) is 6.54 Å². The van der Waals surface area contributed by atoms with Crippen molar-refractivity contribution in [3.05, 3.63) is 0 Å². The third kappa shape index (κ3) is 3.64. The van der Waals surface area contributed by atoms with Crippen molar-refractivity contribution in [1.29, 1.82) is 0 Å². The number of rotatable bonds is 4. The molecule has 1 rings (SSSR count). The molecule has 1 saturated heterocycles. The number of nitrogens with one attached hydrogen (secondary N) is 1. The zero-order valence-corrected chi connectivity index (χ0v) is 9.08. The van der Waals surface area contributed by atoms with E-state index in [1.165, 1.54) is 32.9 Å². The Labute approximate surface area is 85.6 Å². The quantitative estimate of drug-likeness (QED) is 0.660. The zero-order chi connectivity index (χ0) is 10.4. The van der Waals surface area contributed by atoms with Crippen molar-refractivity contribution in [3.8, 4) is 0 Å². The van der Waals surface area contributed by atoms with Gasteiger partial charge in [0.1, 0.15) is 0 Å². The lowest BCUT2D eigenvalue weighted by atomic mass is 10.0. The van der Waals surface area contributed by atoms with Gasteiger partial charge in [-0.05, 0) is 26.4 Å². The van der Waals surface area contributed by atoms with E-state index in [-0.39, 0.29) is 5.97 Å². The van der Waals surface area contributed by atoms with Crippen LogP contribution in [0, 0.1) is 0 Å². The Morgan fingerprint density at radius 3 is 3.00 bits per heavy atom. The summed E-state index contributed by atoms with van der Waals surface area (Å²) in [4.78, 5) is 13.2. The van der Waals surface area contributed by atoms with Gasteiger partial charge in [0.05, 0.1) is 13.7 Å². The number of nitrogens with zero attached hydrogens (tertiary/aromatic N) is 1. The summed E-state index contributed by atoms with van der Waals surface area (Å²) in [5.41, 5.74) is 0. The first kappa shape index (κ1) is 11.5. The molecule has 82 valence electrons.